The Morgan fingerprint density at radius 3 is 2.10 bits per heavy atom. The quantitative estimate of drug-likeness (QED) is 0.615. The van der Waals surface area contributed by atoms with E-state index in [9.17, 15) is 9.59 Å². The number of cyclic esters (lactones) is 1. The van der Waals surface area contributed by atoms with Crippen LogP contribution in [0.1, 0.15) is 39.4 Å². The van der Waals surface area contributed by atoms with E-state index >= 15 is 0 Å². The highest BCUT2D eigenvalue weighted by Crippen LogP contribution is 2.47. The molecule has 1 aromatic rings. The maximum atomic E-state index is 12.6. The molecule has 1 unspecified atom stereocenters. The normalized spacial score (nSPS) is 24.1. The van der Waals surface area contributed by atoms with Gasteiger partial charge in [-0.05, 0) is 45.4 Å². The van der Waals surface area contributed by atoms with E-state index < -0.39 is 22.9 Å². The Hall–Kier alpha value is -1.84. The Bertz CT molecular complexity index is 540. The van der Waals surface area contributed by atoms with Gasteiger partial charge in [0.1, 0.15) is 17.3 Å². The fourth-order valence-electron chi connectivity index (χ4n) is 2.68. The van der Waals surface area contributed by atoms with E-state index in [1.807, 2.05) is 26.0 Å². The summed E-state index contributed by atoms with van der Waals surface area (Å²) >= 11 is 0. The molecule has 0 N–H and O–H groups in total. The van der Waals surface area contributed by atoms with Crippen molar-refractivity contribution in [2.75, 3.05) is 7.11 Å². The van der Waals surface area contributed by atoms with Crippen molar-refractivity contribution >= 4 is 11.8 Å². The molecule has 4 heteroatoms. The molecule has 20 heavy (non-hydrogen) atoms. The fraction of sp³-hybridized carbons (Fsp3) is 0.500. The molecule has 0 aliphatic carbocycles. The summed E-state index contributed by atoms with van der Waals surface area (Å²) in [5.74, 6) is 0.157. The lowest BCUT2D eigenvalue weighted by atomic mass is 9.67. The third-order valence-electron chi connectivity index (χ3n) is 3.96. The molecule has 1 aliphatic rings. The van der Waals surface area contributed by atoms with Crippen LogP contribution in [0.5, 0.6) is 5.75 Å². The molecule has 0 aromatic heterocycles. The molecular weight excluding hydrogens is 256 g/mol. The van der Waals surface area contributed by atoms with Crippen LogP contribution in [-0.4, -0.2) is 18.9 Å². The monoisotopic (exact) mass is 276 g/mol. The minimum atomic E-state index is -1.09. The Kier molecular flexibility index (Phi) is 3.36. The van der Waals surface area contributed by atoms with E-state index in [0.717, 1.165) is 11.3 Å². The summed E-state index contributed by atoms with van der Waals surface area (Å²) in [5, 5.41) is 0. The lowest BCUT2D eigenvalue weighted by Crippen LogP contribution is -2.52. The molecule has 1 heterocycles. The van der Waals surface area contributed by atoms with E-state index in [-0.39, 0.29) is 5.78 Å². The summed E-state index contributed by atoms with van der Waals surface area (Å²) in [6, 6.07) is 7.24. The molecule has 108 valence electrons. The van der Waals surface area contributed by atoms with E-state index in [0.29, 0.717) is 0 Å². The zero-order valence-electron chi connectivity index (χ0n) is 12.5. The first-order chi connectivity index (χ1) is 9.21. The van der Waals surface area contributed by atoms with Gasteiger partial charge >= 0.3 is 5.97 Å². The predicted octanol–water partition coefficient (Wildman–Crippen LogP) is 2.91. The molecule has 0 saturated carbocycles. The van der Waals surface area contributed by atoms with Crippen molar-refractivity contribution in [3.8, 4) is 5.75 Å². The summed E-state index contributed by atoms with van der Waals surface area (Å²) in [6.45, 7) is 6.87. The van der Waals surface area contributed by atoms with Crippen LogP contribution in [0.3, 0.4) is 0 Å². The SMILES string of the molecule is COc1ccc(C2OC(=O)C(C)(C)C(=O)C2(C)C)cc1. The van der Waals surface area contributed by atoms with Gasteiger partial charge in [0.25, 0.3) is 0 Å². The Morgan fingerprint density at radius 1 is 1.05 bits per heavy atom. The van der Waals surface area contributed by atoms with Crippen molar-refractivity contribution in [1.82, 2.24) is 0 Å². The van der Waals surface area contributed by atoms with Crippen LogP contribution in [0.15, 0.2) is 24.3 Å². The number of rotatable bonds is 2. The van der Waals surface area contributed by atoms with E-state index in [4.69, 9.17) is 9.47 Å². The van der Waals surface area contributed by atoms with Crippen LogP contribution in [-0.2, 0) is 14.3 Å². The van der Waals surface area contributed by atoms with Gasteiger partial charge < -0.3 is 9.47 Å². The molecule has 0 amide bonds. The fourth-order valence-corrected chi connectivity index (χ4v) is 2.68. The highest BCUT2D eigenvalue weighted by Gasteiger charge is 2.55. The lowest BCUT2D eigenvalue weighted by Gasteiger charge is -2.43. The van der Waals surface area contributed by atoms with E-state index in [1.54, 1.807) is 33.1 Å². The van der Waals surface area contributed by atoms with Crippen LogP contribution in [0.2, 0.25) is 0 Å². The van der Waals surface area contributed by atoms with Crippen LogP contribution >= 0.6 is 0 Å². The summed E-state index contributed by atoms with van der Waals surface area (Å²) in [4.78, 5) is 24.6. The number of Topliss-reactive ketones (excluding diaryl/α,β-unsaturated/α-hetero) is 1. The third kappa shape index (κ3) is 2.09. The first-order valence-electron chi connectivity index (χ1n) is 6.61. The van der Waals surface area contributed by atoms with Crippen LogP contribution in [0.4, 0.5) is 0 Å². The lowest BCUT2D eigenvalue weighted by molar-refractivity contribution is -0.186. The van der Waals surface area contributed by atoms with E-state index in [1.165, 1.54) is 0 Å². The first kappa shape index (κ1) is 14.6. The molecule has 1 aliphatic heterocycles. The number of esters is 1. The van der Waals surface area contributed by atoms with Crippen molar-refractivity contribution in [3.05, 3.63) is 29.8 Å². The summed E-state index contributed by atoms with van der Waals surface area (Å²) < 4.78 is 10.7. The Morgan fingerprint density at radius 2 is 1.60 bits per heavy atom. The predicted molar refractivity (Wildman–Crippen MR) is 74.4 cm³/mol. The minimum Gasteiger partial charge on any atom is -0.497 e. The van der Waals surface area contributed by atoms with Crippen molar-refractivity contribution in [2.45, 2.75) is 33.8 Å². The van der Waals surface area contributed by atoms with Gasteiger partial charge in [-0.15, -0.1) is 0 Å². The molecule has 0 radical (unpaired) electrons. The summed E-state index contributed by atoms with van der Waals surface area (Å²) in [5.41, 5.74) is -1.05. The number of methoxy groups -OCH3 is 1. The molecule has 2 rings (SSSR count). The van der Waals surface area contributed by atoms with Gasteiger partial charge in [-0.2, -0.15) is 0 Å². The van der Waals surface area contributed by atoms with Crippen LogP contribution in [0.25, 0.3) is 0 Å². The zero-order chi connectivity index (χ0) is 15.1. The highest BCUT2D eigenvalue weighted by molar-refractivity contribution is 6.07. The van der Waals surface area contributed by atoms with Gasteiger partial charge in [0.15, 0.2) is 5.78 Å². The topological polar surface area (TPSA) is 52.6 Å². The van der Waals surface area contributed by atoms with Crippen LogP contribution in [0, 0.1) is 10.8 Å². The molecule has 0 spiro atoms. The second-order valence-corrected chi connectivity index (χ2v) is 6.23. The van der Waals surface area contributed by atoms with Crippen molar-refractivity contribution in [2.24, 2.45) is 10.8 Å². The maximum absolute atomic E-state index is 12.6. The second-order valence-electron chi connectivity index (χ2n) is 6.23. The second kappa shape index (κ2) is 4.62. The standard InChI is InChI=1S/C16H20O4/c1-15(2)12(10-6-8-11(19-5)9-7-10)20-14(18)16(3,4)13(15)17/h6-9,12H,1-5H3. The van der Waals surface area contributed by atoms with Gasteiger partial charge in [-0.25, -0.2) is 0 Å². The number of ether oxygens (including phenoxy) is 2. The number of hydrogen-bond acceptors (Lipinski definition) is 4. The number of carbonyl (C=O) groups is 2. The molecular formula is C16H20O4. The average Bonchev–Trinajstić information content (AvgIpc) is 2.42. The smallest absolute Gasteiger partial charge is 0.319 e. The largest absolute Gasteiger partial charge is 0.497 e. The van der Waals surface area contributed by atoms with Crippen molar-refractivity contribution in [1.29, 1.82) is 0 Å². The number of ketones is 1. The van der Waals surface area contributed by atoms with Gasteiger partial charge in [0.2, 0.25) is 0 Å². The van der Waals surface area contributed by atoms with E-state index in [2.05, 4.69) is 0 Å². The summed E-state index contributed by atoms with van der Waals surface area (Å²) in [7, 11) is 1.59. The molecule has 1 fully saturated rings. The average molecular weight is 276 g/mol. The molecule has 4 nitrogen and oxygen atoms in total. The zero-order valence-corrected chi connectivity index (χ0v) is 12.5. The number of hydrogen-bond donors (Lipinski definition) is 0. The first-order valence-corrected chi connectivity index (χ1v) is 6.61. The van der Waals surface area contributed by atoms with Gasteiger partial charge in [0.05, 0.1) is 12.5 Å². The Balaban J connectivity index is 2.41. The van der Waals surface area contributed by atoms with Gasteiger partial charge in [0, 0.05) is 0 Å². The minimum absolute atomic E-state index is 0.0953. The van der Waals surface area contributed by atoms with Crippen LogP contribution < -0.4 is 4.74 Å². The van der Waals surface area contributed by atoms with Gasteiger partial charge in [-0.3, -0.25) is 9.59 Å². The maximum Gasteiger partial charge on any atom is 0.319 e. The summed E-state index contributed by atoms with van der Waals surface area (Å²) in [6.07, 6.45) is -0.568. The highest BCUT2D eigenvalue weighted by atomic mass is 16.5. The number of benzene rings is 1. The molecule has 0 bridgehead atoms. The van der Waals surface area contributed by atoms with Crippen molar-refractivity contribution < 1.29 is 19.1 Å². The van der Waals surface area contributed by atoms with Gasteiger partial charge in [-0.1, -0.05) is 12.1 Å². The Labute approximate surface area is 119 Å². The molecule has 1 aromatic carbocycles. The molecule has 1 atom stereocenters. The number of carbonyl (C=O) groups excluding carboxylic acids is 2. The third-order valence-corrected chi connectivity index (χ3v) is 3.96. The van der Waals surface area contributed by atoms with Crippen molar-refractivity contribution in [3.63, 3.8) is 0 Å². The molecule has 1 saturated heterocycles.